The molecule has 0 saturated carbocycles. The number of aromatic nitrogens is 1. The standard InChI is InChI=1S/C18H27N3O2S/c1-4-6-7-8-9-12(3)20-18(22)15-16(21-23-17(15)19)14-11-10-13(5-2)24-14/h10-12H,4-9,19H2,1-3H3,(H,20,22). The lowest BCUT2D eigenvalue weighted by atomic mass is 10.1. The summed E-state index contributed by atoms with van der Waals surface area (Å²) in [5.74, 6) is -0.134. The first-order chi connectivity index (χ1) is 11.6. The molecule has 5 nitrogen and oxygen atoms in total. The molecule has 1 amide bonds. The van der Waals surface area contributed by atoms with E-state index in [1.807, 2.05) is 19.1 Å². The molecule has 0 radical (unpaired) electrons. The fraction of sp³-hybridized carbons (Fsp3) is 0.556. The molecule has 1 atom stereocenters. The molecule has 0 aliphatic heterocycles. The highest BCUT2D eigenvalue weighted by Gasteiger charge is 2.24. The van der Waals surface area contributed by atoms with Gasteiger partial charge in [0.1, 0.15) is 11.3 Å². The Hall–Kier alpha value is -1.82. The first kappa shape index (κ1) is 18.5. The van der Waals surface area contributed by atoms with Crippen molar-refractivity contribution in [2.45, 2.75) is 65.3 Å². The Morgan fingerprint density at radius 3 is 2.79 bits per heavy atom. The fourth-order valence-corrected chi connectivity index (χ4v) is 3.57. The lowest BCUT2D eigenvalue weighted by molar-refractivity contribution is 0.0939. The fourth-order valence-electron chi connectivity index (χ4n) is 2.63. The van der Waals surface area contributed by atoms with E-state index in [1.165, 1.54) is 24.1 Å². The number of unbranched alkanes of at least 4 members (excludes halogenated alkanes) is 3. The number of carbonyl (C=O) groups excluding carboxylic acids is 1. The second-order valence-corrected chi connectivity index (χ2v) is 7.28. The van der Waals surface area contributed by atoms with Crippen LogP contribution in [0.1, 0.15) is 68.1 Å². The Labute approximate surface area is 147 Å². The Balaban J connectivity index is 2.05. The molecule has 2 aromatic heterocycles. The summed E-state index contributed by atoms with van der Waals surface area (Å²) in [7, 11) is 0. The molecule has 0 aromatic carbocycles. The largest absolute Gasteiger partial charge is 0.367 e. The predicted molar refractivity (Wildman–Crippen MR) is 99.3 cm³/mol. The van der Waals surface area contributed by atoms with Crippen LogP contribution in [0.3, 0.4) is 0 Å². The number of thiophene rings is 1. The molecule has 0 aliphatic rings. The van der Waals surface area contributed by atoms with Gasteiger partial charge in [0.25, 0.3) is 5.91 Å². The maximum atomic E-state index is 12.6. The number of carbonyl (C=O) groups is 1. The van der Waals surface area contributed by atoms with Crippen LogP contribution in [0.25, 0.3) is 10.6 Å². The van der Waals surface area contributed by atoms with Crippen molar-refractivity contribution in [1.82, 2.24) is 10.5 Å². The minimum Gasteiger partial charge on any atom is -0.367 e. The normalized spacial score (nSPS) is 12.3. The van der Waals surface area contributed by atoms with Crippen molar-refractivity contribution in [3.05, 3.63) is 22.6 Å². The Kier molecular flexibility index (Phi) is 6.85. The monoisotopic (exact) mass is 349 g/mol. The van der Waals surface area contributed by atoms with Gasteiger partial charge in [-0.1, -0.05) is 44.7 Å². The molecule has 2 rings (SSSR count). The minimum atomic E-state index is -0.210. The SMILES string of the molecule is CCCCCCC(C)NC(=O)c1c(-c2ccc(CC)s2)noc1N. The molecule has 2 aromatic rings. The van der Waals surface area contributed by atoms with Crippen molar-refractivity contribution in [3.8, 4) is 10.6 Å². The van der Waals surface area contributed by atoms with Gasteiger partial charge in [0.05, 0.1) is 4.88 Å². The van der Waals surface area contributed by atoms with Crippen LogP contribution in [0.2, 0.25) is 0 Å². The summed E-state index contributed by atoms with van der Waals surface area (Å²) in [6.45, 7) is 6.31. The maximum absolute atomic E-state index is 12.6. The number of rotatable bonds is 9. The van der Waals surface area contributed by atoms with Crippen molar-refractivity contribution < 1.29 is 9.32 Å². The third-order valence-electron chi connectivity index (χ3n) is 4.06. The van der Waals surface area contributed by atoms with E-state index in [9.17, 15) is 4.79 Å². The summed E-state index contributed by atoms with van der Waals surface area (Å²) in [5, 5.41) is 7.01. The number of nitrogens with zero attached hydrogens (tertiary/aromatic N) is 1. The van der Waals surface area contributed by atoms with E-state index in [0.717, 1.165) is 24.1 Å². The molecular weight excluding hydrogens is 322 g/mol. The van der Waals surface area contributed by atoms with E-state index in [1.54, 1.807) is 11.3 Å². The number of amides is 1. The van der Waals surface area contributed by atoms with Gasteiger partial charge >= 0.3 is 0 Å². The van der Waals surface area contributed by atoms with Gasteiger partial charge in [0.2, 0.25) is 5.88 Å². The highest BCUT2D eigenvalue weighted by Crippen LogP contribution is 2.32. The van der Waals surface area contributed by atoms with Gasteiger partial charge in [-0.2, -0.15) is 0 Å². The van der Waals surface area contributed by atoms with E-state index < -0.39 is 0 Å². The highest BCUT2D eigenvalue weighted by atomic mass is 32.1. The summed E-state index contributed by atoms with van der Waals surface area (Å²) in [6.07, 6.45) is 6.68. The third kappa shape index (κ3) is 4.60. The third-order valence-corrected chi connectivity index (χ3v) is 5.29. The molecule has 132 valence electrons. The summed E-state index contributed by atoms with van der Waals surface area (Å²) in [6, 6.07) is 4.11. The van der Waals surface area contributed by atoms with E-state index >= 15 is 0 Å². The number of nitrogen functional groups attached to an aromatic ring is 1. The summed E-state index contributed by atoms with van der Waals surface area (Å²) in [5.41, 5.74) is 6.73. The average molecular weight is 350 g/mol. The van der Waals surface area contributed by atoms with Crippen LogP contribution in [0.4, 0.5) is 5.88 Å². The topological polar surface area (TPSA) is 81.2 Å². The Morgan fingerprint density at radius 2 is 2.12 bits per heavy atom. The molecule has 3 N–H and O–H groups in total. The van der Waals surface area contributed by atoms with E-state index in [-0.39, 0.29) is 17.8 Å². The molecule has 0 saturated heterocycles. The van der Waals surface area contributed by atoms with Gasteiger partial charge in [-0.15, -0.1) is 11.3 Å². The van der Waals surface area contributed by atoms with Crippen LogP contribution < -0.4 is 11.1 Å². The molecule has 0 spiro atoms. The molecule has 1 unspecified atom stereocenters. The van der Waals surface area contributed by atoms with Crippen molar-refractivity contribution in [2.75, 3.05) is 5.73 Å². The van der Waals surface area contributed by atoms with Gasteiger partial charge in [0.15, 0.2) is 0 Å². The van der Waals surface area contributed by atoms with Crippen molar-refractivity contribution in [3.63, 3.8) is 0 Å². The summed E-state index contributed by atoms with van der Waals surface area (Å²) >= 11 is 1.61. The molecule has 0 bridgehead atoms. The summed E-state index contributed by atoms with van der Waals surface area (Å²) < 4.78 is 5.08. The molecular formula is C18H27N3O2S. The quantitative estimate of drug-likeness (QED) is 0.646. The first-order valence-electron chi connectivity index (χ1n) is 8.71. The smallest absolute Gasteiger partial charge is 0.259 e. The zero-order chi connectivity index (χ0) is 17.5. The van der Waals surface area contributed by atoms with Crippen molar-refractivity contribution >= 4 is 23.1 Å². The van der Waals surface area contributed by atoms with Gasteiger partial charge < -0.3 is 15.6 Å². The van der Waals surface area contributed by atoms with Crippen LogP contribution in [0.5, 0.6) is 0 Å². The maximum Gasteiger partial charge on any atom is 0.259 e. The Morgan fingerprint density at radius 1 is 1.33 bits per heavy atom. The number of hydrogen-bond acceptors (Lipinski definition) is 5. The van der Waals surface area contributed by atoms with E-state index in [0.29, 0.717) is 11.3 Å². The van der Waals surface area contributed by atoms with E-state index in [4.69, 9.17) is 10.3 Å². The first-order valence-corrected chi connectivity index (χ1v) is 9.53. The highest BCUT2D eigenvalue weighted by molar-refractivity contribution is 7.15. The summed E-state index contributed by atoms with van der Waals surface area (Å²) in [4.78, 5) is 14.8. The van der Waals surface area contributed by atoms with Crippen molar-refractivity contribution in [2.24, 2.45) is 0 Å². The van der Waals surface area contributed by atoms with Gasteiger partial charge in [-0.25, -0.2) is 0 Å². The van der Waals surface area contributed by atoms with E-state index in [2.05, 4.69) is 24.3 Å². The number of hydrogen-bond donors (Lipinski definition) is 2. The van der Waals surface area contributed by atoms with Crippen LogP contribution in [0, 0.1) is 0 Å². The number of aryl methyl sites for hydroxylation is 1. The molecule has 24 heavy (non-hydrogen) atoms. The van der Waals surface area contributed by atoms with Crippen LogP contribution in [-0.2, 0) is 6.42 Å². The van der Waals surface area contributed by atoms with Gasteiger partial charge in [-0.05, 0) is 31.9 Å². The van der Waals surface area contributed by atoms with Crippen LogP contribution >= 0.6 is 11.3 Å². The number of anilines is 1. The number of nitrogens with one attached hydrogen (secondary N) is 1. The molecule has 0 aliphatic carbocycles. The second kappa shape index (κ2) is 8.87. The minimum absolute atomic E-state index is 0.0760. The zero-order valence-corrected chi connectivity index (χ0v) is 15.5. The Bertz CT molecular complexity index is 663. The second-order valence-electron chi connectivity index (χ2n) is 6.11. The predicted octanol–water partition coefficient (Wildman–Crippen LogP) is 4.64. The van der Waals surface area contributed by atoms with Crippen LogP contribution in [0.15, 0.2) is 16.7 Å². The lowest BCUT2D eigenvalue weighted by Gasteiger charge is -2.13. The van der Waals surface area contributed by atoms with Gasteiger partial charge in [-0.3, -0.25) is 4.79 Å². The lowest BCUT2D eigenvalue weighted by Crippen LogP contribution is -2.33. The van der Waals surface area contributed by atoms with Crippen molar-refractivity contribution in [1.29, 1.82) is 0 Å². The molecule has 0 fully saturated rings. The van der Waals surface area contributed by atoms with Gasteiger partial charge in [0, 0.05) is 10.9 Å². The molecule has 6 heteroatoms. The number of nitrogens with two attached hydrogens (primary N) is 1. The zero-order valence-electron chi connectivity index (χ0n) is 14.7. The molecule has 2 heterocycles. The average Bonchev–Trinajstić information content (AvgIpc) is 3.17. The van der Waals surface area contributed by atoms with Crippen LogP contribution in [-0.4, -0.2) is 17.1 Å².